The summed E-state index contributed by atoms with van der Waals surface area (Å²) in [6.07, 6.45) is 1.55. The number of anilines is 1. The molecule has 26 heavy (non-hydrogen) atoms. The van der Waals surface area contributed by atoms with E-state index in [1.54, 1.807) is 36.4 Å². The summed E-state index contributed by atoms with van der Waals surface area (Å²) in [5.41, 5.74) is 1.11. The van der Waals surface area contributed by atoms with E-state index in [0.29, 0.717) is 16.2 Å². The molecular weight excluding hydrogens is 374 g/mol. The Morgan fingerprint density at radius 2 is 1.92 bits per heavy atom. The maximum absolute atomic E-state index is 12.8. The van der Waals surface area contributed by atoms with Crippen LogP contribution in [0.2, 0.25) is 0 Å². The lowest BCUT2D eigenvalue weighted by atomic mass is 10.1. The minimum absolute atomic E-state index is 0.231. The van der Waals surface area contributed by atoms with Crippen LogP contribution >= 0.6 is 24.0 Å². The number of aromatic hydroxyl groups is 2. The minimum Gasteiger partial charge on any atom is -0.504 e. The number of thioether (sulfide) groups is 1. The summed E-state index contributed by atoms with van der Waals surface area (Å²) in [5, 5.41) is 19.0. The lowest BCUT2D eigenvalue weighted by Crippen LogP contribution is -2.29. The summed E-state index contributed by atoms with van der Waals surface area (Å²) in [7, 11) is 1.26. The van der Waals surface area contributed by atoms with Gasteiger partial charge in [0.05, 0.1) is 23.3 Å². The molecule has 1 aliphatic heterocycles. The number of benzene rings is 2. The van der Waals surface area contributed by atoms with E-state index in [-0.39, 0.29) is 27.3 Å². The number of hydrogen-bond acceptors (Lipinski definition) is 7. The number of esters is 1. The first-order valence-electron chi connectivity index (χ1n) is 7.39. The van der Waals surface area contributed by atoms with Gasteiger partial charge in [-0.2, -0.15) is 0 Å². The molecule has 0 aliphatic carbocycles. The average Bonchev–Trinajstić information content (AvgIpc) is 2.91. The van der Waals surface area contributed by atoms with Gasteiger partial charge in [-0.3, -0.25) is 9.69 Å². The number of amides is 1. The molecule has 0 bridgehead atoms. The Bertz CT molecular complexity index is 954. The van der Waals surface area contributed by atoms with Crippen LogP contribution in [0.25, 0.3) is 6.08 Å². The number of rotatable bonds is 3. The van der Waals surface area contributed by atoms with Gasteiger partial charge in [-0.1, -0.05) is 42.2 Å². The first kappa shape index (κ1) is 18.0. The SMILES string of the molecule is COC(=O)c1ccccc1N1C(=O)/C(=C/c2ccc(O)c(O)c2)SC1=S. The molecule has 0 atom stereocenters. The Morgan fingerprint density at radius 1 is 1.19 bits per heavy atom. The highest BCUT2D eigenvalue weighted by atomic mass is 32.2. The van der Waals surface area contributed by atoms with E-state index in [4.69, 9.17) is 17.0 Å². The number of thiocarbonyl (C=S) groups is 1. The van der Waals surface area contributed by atoms with Crippen molar-refractivity contribution in [3.63, 3.8) is 0 Å². The predicted octanol–water partition coefficient (Wildman–Crippen LogP) is 3.29. The maximum atomic E-state index is 12.8. The molecule has 3 rings (SSSR count). The Balaban J connectivity index is 1.99. The molecule has 1 amide bonds. The van der Waals surface area contributed by atoms with E-state index in [9.17, 15) is 19.8 Å². The molecule has 0 aromatic heterocycles. The number of methoxy groups -OCH3 is 1. The first-order chi connectivity index (χ1) is 12.4. The highest BCUT2D eigenvalue weighted by molar-refractivity contribution is 8.27. The number of ether oxygens (including phenoxy) is 1. The van der Waals surface area contributed by atoms with Gasteiger partial charge in [0.2, 0.25) is 0 Å². The molecule has 2 aromatic rings. The second-order valence-electron chi connectivity index (χ2n) is 5.27. The van der Waals surface area contributed by atoms with Crippen molar-refractivity contribution in [3.8, 4) is 11.5 Å². The van der Waals surface area contributed by atoms with Crippen molar-refractivity contribution in [2.75, 3.05) is 12.0 Å². The zero-order valence-electron chi connectivity index (χ0n) is 13.5. The number of para-hydroxylation sites is 1. The Labute approximate surface area is 158 Å². The summed E-state index contributed by atoms with van der Waals surface area (Å²) in [5.74, 6) is -1.49. The molecule has 1 saturated heterocycles. The van der Waals surface area contributed by atoms with Crippen molar-refractivity contribution in [2.45, 2.75) is 0 Å². The van der Waals surface area contributed by atoms with Gasteiger partial charge in [-0.25, -0.2) is 4.79 Å². The zero-order valence-corrected chi connectivity index (χ0v) is 15.1. The number of phenolic OH excluding ortho intramolecular Hbond substituents is 2. The topological polar surface area (TPSA) is 87.1 Å². The number of carbonyl (C=O) groups excluding carboxylic acids is 2. The fraction of sp³-hybridized carbons (Fsp3) is 0.0556. The van der Waals surface area contributed by atoms with E-state index >= 15 is 0 Å². The molecule has 1 heterocycles. The van der Waals surface area contributed by atoms with E-state index in [2.05, 4.69) is 0 Å². The lowest BCUT2D eigenvalue weighted by Gasteiger charge is -2.17. The number of hydrogen-bond donors (Lipinski definition) is 2. The predicted molar refractivity (Wildman–Crippen MR) is 103 cm³/mol. The van der Waals surface area contributed by atoms with Gasteiger partial charge in [-0.05, 0) is 35.9 Å². The molecular formula is C18H13NO5S2. The second kappa shape index (κ2) is 7.19. The quantitative estimate of drug-likeness (QED) is 0.362. The number of phenols is 2. The summed E-state index contributed by atoms with van der Waals surface area (Å²) >= 11 is 6.39. The summed E-state index contributed by atoms with van der Waals surface area (Å²) in [4.78, 5) is 26.4. The third-order valence-electron chi connectivity index (χ3n) is 3.64. The van der Waals surface area contributed by atoms with Crippen LogP contribution in [-0.2, 0) is 9.53 Å². The Kier molecular flexibility index (Phi) is 4.97. The van der Waals surface area contributed by atoms with Crippen molar-refractivity contribution in [3.05, 3.63) is 58.5 Å². The van der Waals surface area contributed by atoms with Crippen LogP contribution in [0, 0.1) is 0 Å². The molecule has 2 aromatic carbocycles. The summed E-state index contributed by atoms with van der Waals surface area (Å²) < 4.78 is 5.04. The van der Waals surface area contributed by atoms with E-state index in [1.807, 2.05) is 0 Å². The number of carbonyl (C=O) groups is 2. The summed E-state index contributed by atoms with van der Waals surface area (Å²) in [6, 6.07) is 10.8. The maximum Gasteiger partial charge on any atom is 0.339 e. The Hall–Kier alpha value is -2.84. The molecule has 0 saturated carbocycles. The van der Waals surface area contributed by atoms with Crippen molar-refractivity contribution < 1.29 is 24.5 Å². The van der Waals surface area contributed by atoms with Crippen molar-refractivity contribution in [1.29, 1.82) is 0 Å². The van der Waals surface area contributed by atoms with Crippen LogP contribution in [0.15, 0.2) is 47.4 Å². The van der Waals surface area contributed by atoms with Gasteiger partial charge in [0.1, 0.15) is 0 Å². The van der Waals surface area contributed by atoms with Crippen LogP contribution in [-0.4, -0.2) is 33.5 Å². The normalized spacial score (nSPS) is 15.6. The zero-order chi connectivity index (χ0) is 18.8. The smallest absolute Gasteiger partial charge is 0.339 e. The molecule has 0 radical (unpaired) electrons. The van der Waals surface area contributed by atoms with Crippen LogP contribution in [0.4, 0.5) is 5.69 Å². The van der Waals surface area contributed by atoms with Crippen molar-refractivity contribution >= 4 is 51.9 Å². The van der Waals surface area contributed by atoms with Crippen LogP contribution < -0.4 is 4.90 Å². The molecule has 1 aliphatic rings. The van der Waals surface area contributed by atoms with Gasteiger partial charge in [0.25, 0.3) is 5.91 Å². The van der Waals surface area contributed by atoms with Crippen molar-refractivity contribution in [1.82, 2.24) is 0 Å². The van der Waals surface area contributed by atoms with E-state index in [0.717, 1.165) is 11.8 Å². The third kappa shape index (κ3) is 3.29. The second-order valence-corrected chi connectivity index (χ2v) is 6.95. The summed E-state index contributed by atoms with van der Waals surface area (Å²) in [6.45, 7) is 0. The van der Waals surface area contributed by atoms with E-state index in [1.165, 1.54) is 24.1 Å². The molecule has 132 valence electrons. The molecule has 1 fully saturated rings. The van der Waals surface area contributed by atoms with Crippen LogP contribution in [0.3, 0.4) is 0 Å². The fourth-order valence-corrected chi connectivity index (χ4v) is 3.69. The van der Waals surface area contributed by atoms with Gasteiger partial charge >= 0.3 is 5.97 Å². The third-order valence-corrected chi connectivity index (χ3v) is 4.94. The van der Waals surface area contributed by atoms with Crippen LogP contribution in [0.5, 0.6) is 11.5 Å². The average molecular weight is 387 g/mol. The Morgan fingerprint density at radius 3 is 2.62 bits per heavy atom. The molecule has 0 unspecified atom stereocenters. The van der Waals surface area contributed by atoms with Crippen LogP contribution in [0.1, 0.15) is 15.9 Å². The monoisotopic (exact) mass is 387 g/mol. The number of nitrogens with zero attached hydrogens (tertiary/aromatic N) is 1. The van der Waals surface area contributed by atoms with E-state index < -0.39 is 5.97 Å². The van der Waals surface area contributed by atoms with Gasteiger partial charge < -0.3 is 14.9 Å². The van der Waals surface area contributed by atoms with Gasteiger partial charge in [0, 0.05) is 0 Å². The molecule has 6 nitrogen and oxygen atoms in total. The van der Waals surface area contributed by atoms with Gasteiger partial charge in [-0.15, -0.1) is 0 Å². The molecule has 8 heteroatoms. The fourth-order valence-electron chi connectivity index (χ4n) is 2.41. The van der Waals surface area contributed by atoms with Gasteiger partial charge in [0.15, 0.2) is 15.8 Å². The standard InChI is InChI=1S/C18H13NO5S2/c1-24-17(23)11-4-2-3-5-12(11)19-16(22)15(26-18(19)25)9-10-6-7-13(20)14(21)8-10/h2-9,20-21H,1H3/b15-9-. The highest BCUT2D eigenvalue weighted by Gasteiger charge is 2.35. The largest absolute Gasteiger partial charge is 0.504 e. The lowest BCUT2D eigenvalue weighted by molar-refractivity contribution is -0.113. The minimum atomic E-state index is -0.568. The molecule has 0 spiro atoms. The first-order valence-corrected chi connectivity index (χ1v) is 8.62. The molecule has 2 N–H and O–H groups in total. The highest BCUT2D eigenvalue weighted by Crippen LogP contribution is 2.38. The van der Waals surface area contributed by atoms with Crippen molar-refractivity contribution in [2.24, 2.45) is 0 Å².